The predicted octanol–water partition coefficient (Wildman–Crippen LogP) is 5.63. The lowest BCUT2D eigenvalue weighted by molar-refractivity contribution is 0.0986. The molecule has 1 aromatic heterocycles. The van der Waals surface area contributed by atoms with Crippen molar-refractivity contribution in [3.8, 4) is 5.75 Å². The van der Waals surface area contributed by atoms with Crippen LogP contribution in [0.3, 0.4) is 0 Å². The van der Waals surface area contributed by atoms with Crippen molar-refractivity contribution in [3.63, 3.8) is 0 Å². The standard InChI is InChI=1S/C24H22ClF2N3O4/c1-2-7-29(21-14-18(26)13-19(27)15-21)23(31)16-10-17(25)12-22(11-16)34-9-8-30(24(32)33)20-3-5-28-6-4-20/h3-6,10-15H,2,7-9H2,1H3,(H,32,33). The molecule has 0 saturated carbocycles. The van der Waals surface area contributed by atoms with Crippen molar-refractivity contribution in [2.75, 3.05) is 29.5 Å². The fourth-order valence-corrected chi connectivity index (χ4v) is 3.53. The Labute approximate surface area is 200 Å². The molecule has 2 amide bonds. The zero-order valence-corrected chi connectivity index (χ0v) is 19.0. The van der Waals surface area contributed by atoms with Crippen LogP contribution in [0.4, 0.5) is 25.0 Å². The minimum Gasteiger partial charge on any atom is -0.492 e. The maximum Gasteiger partial charge on any atom is 0.411 e. The number of halogens is 3. The molecular weight excluding hydrogens is 468 g/mol. The summed E-state index contributed by atoms with van der Waals surface area (Å²) in [5.41, 5.74) is 0.677. The van der Waals surface area contributed by atoms with Crippen LogP contribution in [0.15, 0.2) is 60.9 Å². The van der Waals surface area contributed by atoms with Crippen molar-refractivity contribution >= 4 is 35.0 Å². The van der Waals surface area contributed by atoms with E-state index in [9.17, 15) is 23.5 Å². The molecule has 0 aliphatic heterocycles. The smallest absolute Gasteiger partial charge is 0.411 e. The third-order valence-electron chi connectivity index (χ3n) is 4.76. The lowest BCUT2D eigenvalue weighted by atomic mass is 10.1. The van der Waals surface area contributed by atoms with Crippen LogP contribution in [0.25, 0.3) is 0 Å². The highest BCUT2D eigenvalue weighted by atomic mass is 35.5. The lowest BCUT2D eigenvalue weighted by Gasteiger charge is -2.23. The summed E-state index contributed by atoms with van der Waals surface area (Å²) < 4.78 is 33.1. The minimum atomic E-state index is -1.16. The molecule has 2 aromatic carbocycles. The van der Waals surface area contributed by atoms with E-state index in [1.165, 1.54) is 35.5 Å². The lowest BCUT2D eigenvalue weighted by Crippen LogP contribution is -2.33. The molecule has 0 radical (unpaired) electrons. The van der Waals surface area contributed by atoms with Gasteiger partial charge in [-0.3, -0.25) is 14.7 Å². The molecule has 1 heterocycles. The summed E-state index contributed by atoms with van der Waals surface area (Å²) in [7, 11) is 0. The number of anilines is 2. The zero-order chi connectivity index (χ0) is 24.7. The van der Waals surface area contributed by atoms with Crippen molar-refractivity contribution < 1.29 is 28.2 Å². The van der Waals surface area contributed by atoms with Crippen molar-refractivity contribution in [3.05, 3.63) is 83.1 Å². The maximum atomic E-state index is 13.7. The first-order valence-corrected chi connectivity index (χ1v) is 10.8. The highest BCUT2D eigenvalue weighted by Gasteiger charge is 2.20. The number of hydrogen-bond donors (Lipinski definition) is 1. The number of carbonyl (C=O) groups excluding carboxylic acids is 1. The number of carbonyl (C=O) groups is 2. The highest BCUT2D eigenvalue weighted by Crippen LogP contribution is 2.26. The van der Waals surface area contributed by atoms with Crippen LogP contribution >= 0.6 is 11.6 Å². The molecule has 0 fully saturated rings. The maximum absolute atomic E-state index is 13.7. The van der Waals surface area contributed by atoms with Crippen LogP contribution in [0.2, 0.25) is 5.02 Å². The number of ether oxygens (including phenoxy) is 1. The molecule has 0 bridgehead atoms. The number of pyridine rings is 1. The molecule has 3 aromatic rings. The van der Waals surface area contributed by atoms with Crippen molar-refractivity contribution in [2.45, 2.75) is 13.3 Å². The van der Waals surface area contributed by atoms with Gasteiger partial charge in [-0.25, -0.2) is 13.6 Å². The molecule has 0 atom stereocenters. The second kappa shape index (κ2) is 11.4. The van der Waals surface area contributed by atoms with Gasteiger partial charge in [0, 0.05) is 41.3 Å². The van der Waals surface area contributed by atoms with Crippen molar-refractivity contribution in [1.82, 2.24) is 4.98 Å². The number of benzene rings is 2. The average Bonchev–Trinajstić information content (AvgIpc) is 2.79. The van der Waals surface area contributed by atoms with Crippen LogP contribution in [0.5, 0.6) is 5.75 Å². The average molecular weight is 490 g/mol. The van der Waals surface area contributed by atoms with E-state index < -0.39 is 23.6 Å². The summed E-state index contributed by atoms with van der Waals surface area (Å²) in [5, 5.41) is 9.68. The second-order valence-corrected chi connectivity index (χ2v) is 7.68. The Morgan fingerprint density at radius 1 is 0.971 bits per heavy atom. The minimum absolute atomic E-state index is 0.0136. The van der Waals surface area contributed by atoms with Crippen LogP contribution in [0, 0.1) is 11.6 Å². The van der Waals surface area contributed by atoms with E-state index in [0.29, 0.717) is 12.1 Å². The molecule has 3 rings (SSSR count). The molecule has 0 unspecified atom stereocenters. The van der Waals surface area contributed by atoms with Gasteiger partial charge in [0.05, 0.1) is 12.2 Å². The zero-order valence-electron chi connectivity index (χ0n) is 18.2. The van der Waals surface area contributed by atoms with Crippen molar-refractivity contribution in [1.29, 1.82) is 0 Å². The molecule has 10 heteroatoms. The third-order valence-corrected chi connectivity index (χ3v) is 4.98. The first-order valence-electron chi connectivity index (χ1n) is 10.4. The Bertz CT molecular complexity index is 1140. The van der Waals surface area contributed by atoms with E-state index in [1.54, 1.807) is 12.1 Å². The first-order chi connectivity index (χ1) is 16.3. The summed E-state index contributed by atoms with van der Waals surface area (Å²) in [6.07, 6.45) is 2.35. The molecule has 34 heavy (non-hydrogen) atoms. The first kappa shape index (κ1) is 24.9. The van der Waals surface area contributed by atoms with E-state index in [4.69, 9.17) is 16.3 Å². The number of nitrogens with zero attached hydrogens (tertiary/aromatic N) is 3. The summed E-state index contributed by atoms with van der Waals surface area (Å²) in [5.74, 6) is -1.85. The van der Waals surface area contributed by atoms with E-state index in [0.717, 1.165) is 23.1 Å². The largest absolute Gasteiger partial charge is 0.492 e. The van der Waals surface area contributed by atoms with Gasteiger partial charge < -0.3 is 14.7 Å². The fourth-order valence-electron chi connectivity index (χ4n) is 3.31. The third kappa shape index (κ3) is 6.41. The summed E-state index contributed by atoms with van der Waals surface area (Å²) in [6.45, 7) is 2.05. The molecule has 0 aliphatic rings. The molecule has 0 saturated heterocycles. The Kier molecular flexibility index (Phi) is 8.37. The normalized spacial score (nSPS) is 10.6. The Morgan fingerprint density at radius 3 is 2.26 bits per heavy atom. The number of rotatable bonds is 9. The summed E-state index contributed by atoms with van der Waals surface area (Å²) in [4.78, 5) is 31.0. The predicted molar refractivity (Wildman–Crippen MR) is 125 cm³/mol. The highest BCUT2D eigenvalue weighted by molar-refractivity contribution is 6.31. The van der Waals surface area contributed by atoms with Gasteiger partial charge in [-0.05, 0) is 48.9 Å². The van der Waals surface area contributed by atoms with Gasteiger partial charge in [0.25, 0.3) is 5.91 Å². The molecular formula is C24H22ClF2N3O4. The van der Waals surface area contributed by atoms with Gasteiger partial charge in [-0.1, -0.05) is 18.5 Å². The van der Waals surface area contributed by atoms with Gasteiger partial charge in [0.15, 0.2) is 0 Å². The monoisotopic (exact) mass is 489 g/mol. The van der Waals surface area contributed by atoms with Gasteiger partial charge in [-0.15, -0.1) is 0 Å². The molecule has 7 nitrogen and oxygen atoms in total. The Balaban J connectivity index is 1.78. The summed E-state index contributed by atoms with van der Waals surface area (Å²) in [6, 6.07) is 10.4. The van der Waals surface area contributed by atoms with Crippen LogP contribution in [0.1, 0.15) is 23.7 Å². The number of aromatic nitrogens is 1. The Morgan fingerprint density at radius 2 is 1.65 bits per heavy atom. The number of carboxylic acid groups (broad SMARTS) is 1. The second-order valence-electron chi connectivity index (χ2n) is 7.25. The van der Waals surface area contributed by atoms with Crippen molar-refractivity contribution in [2.24, 2.45) is 0 Å². The van der Waals surface area contributed by atoms with Gasteiger partial charge >= 0.3 is 6.09 Å². The molecule has 1 N–H and O–H groups in total. The topological polar surface area (TPSA) is 83.0 Å². The Hall–Kier alpha value is -3.72. The molecule has 0 spiro atoms. The number of hydrogen-bond acceptors (Lipinski definition) is 4. The SMILES string of the molecule is CCCN(C(=O)c1cc(Cl)cc(OCCN(C(=O)O)c2ccncc2)c1)c1cc(F)cc(F)c1. The van der Waals surface area contributed by atoms with Crippen LogP contribution in [-0.2, 0) is 0 Å². The van der Waals surface area contributed by atoms with Gasteiger partial charge in [0.1, 0.15) is 24.0 Å². The number of amides is 2. The van der Waals surface area contributed by atoms with Gasteiger partial charge in [0.2, 0.25) is 0 Å². The van der Waals surface area contributed by atoms with E-state index in [-0.39, 0.29) is 41.7 Å². The molecule has 178 valence electrons. The molecule has 0 aliphatic carbocycles. The van der Waals surface area contributed by atoms with E-state index in [1.807, 2.05) is 6.92 Å². The van der Waals surface area contributed by atoms with Crippen LogP contribution < -0.4 is 14.5 Å². The summed E-state index contributed by atoms with van der Waals surface area (Å²) >= 11 is 6.18. The van der Waals surface area contributed by atoms with E-state index in [2.05, 4.69) is 4.98 Å². The quantitative estimate of drug-likeness (QED) is 0.421. The van der Waals surface area contributed by atoms with Gasteiger partial charge in [-0.2, -0.15) is 0 Å². The fraction of sp³-hybridized carbons (Fsp3) is 0.208. The van der Waals surface area contributed by atoms with Crippen LogP contribution in [-0.4, -0.2) is 41.8 Å². The van der Waals surface area contributed by atoms with E-state index >= 15 is 0 Å².